The largest absolute Gasteiger partial charge is 0.409 e. The molecular weight excluding hydrogens is 256 g/mol. The van der Waals surface area contributed by atoms with Crippen molar-refractivity contribution in [3.8, 4) is 0 Å². The lowest BCUT2D eigenvalue weighted by Gasteiger charge is -2.31. The summed E-state index contributed by atoms with van der Waals surface area (Å²) in [5.41, 5.74) is 5.37. The van der Waals surface area contributed by atoms with Gasteiger partial charge in [0.05, 0.1) is 0 Å². The van der Waals surface area contributed by atoms with Crippen LogP contribution in [0.1, 0.15) is 34.1 Å². The first kappa shape index (κ1) is 17.1. The van der Waals surface area contributed by atoms with Gasteiger partial charge in [-0.15, -0.1) is 0 Å². The molecule has 0 spiro atoms. The first-order valence-electron chi connectivity index (χ1n) is 6.04. The zero-order valence-electron chi connectivity index (χ0n) is 11.5. The second kappa shape index (κ2) is 7.55. The average molecular weight is 280 g/mol. The van der Waals surface area contributed by atoms with Crippen molar-refractivity contribution in [3.63, 3.8) is 0 Å². The van der Waals surface area contributed by atoms with E-state index in [4.69, 9.17) is 10.9 Å². The van der Waals surface area contributed by atoms with Crippen LogP contribution in [0.25, 0.3) is 0 Å². The standard InChI is InChI=1S/C10H24N4O3S/c1-5-13(6-2)18(16,17)14(9(3)4)8-7-10(11)12-15/h9,15H,5-8H2,1-4H3,(H2,11,12). The summed E-state index contributed by atoms with van der Waals surface area (Å²) in [5.74, 6) is 0.0235. The lowest BCUT2D eigenvalue weighted by molar-refractivity contribution is 0.305. The number of rotatable bonds is 8. The van der Waals surface area contributed by atoms with Crippen molar-refractivity contribution in [3.05, 3.63) is 0 Å². The monoisotopic (exact) mass is 280 g/mol. The van der Waals surface area contributed by atoms with Crippen molar-refractivity contribution in [1.82, 2.24) is 8.61 Å². The third kappa shape index (κ3) is 4.43. The van der Waals surface area contributed by atoms with Gasteiger partial charge in [0.25, 0.3) is 10.2 Å². The normalized spacial score (nSPS) is 13.8. The van der Waals surface area contributed by atoms with Crippen LogP contribution >= 0.6 is 0 Å². The Morgan fingerprint density at radius 3 is 2.17 bits per heavy atom. The molecule has 108 valence electrons. The van der Waals surface area contributed by atoms with E-state index >= 15 is 0 Å². The molecule has 0 saturated carbocycles. The number of amidine groups is 1. The Bertz CT molecular complexity index is 363. The average Bonchev–Trinajstić information content (AvgIpc) is 2.29. The van der Waals surface area contributed by atoms with Crippen molar-refractivity contribution in [2.45, 2.75) is 40.2 Å². The van der Waals surface area contributed by atoms with Crippen molar-refractivity contribution in [2.24, 2.45) is 10.9 Å². The first-order valence-corrected chi connectivity index (χ1v) is 7.44. The molecule has 0 amide bonds. The summed E-state index contributed by atoms with van der Waals surface area (Å²) in [6.07, 6.45) is 0.204. The quantitative estimate of drug-likeness (QED) is 0.291. The Morgan fingerprint density at radius 1 is 1.33 bits per heavy atom. The SMILES string of the molecule is CCN(CC)S(=O)(=O)N(CC/C(N)=N/O)C(C)C. The van der Waals surface area contributed by atoms with Crippen LogP contribution in [0.3, 0.4) is 0 Å². The van der Waals surface area contributed by atoms with E-state index in [1.165, 1.54) is 8.61 Å². The summed E-state index contributed by atoms with van der Waals surface area (Å²) < 4.78 is 27.4. The van der Waals surface area contributed by atoms with E-state index in [9.17, 15) is 8.42 Å². The van der Waals surface area contributed by atoms with Crippen LogP contribution < -0.4 is 5.73 Å². The Kier molecular flexibility index (Phi) is 7.19. The van der Waals surface area contributed by atoms with Crippen LogP contribution in [0.5, 0.6) is 0 Å². The van der Waals surface area contributed by atoms with Crippen molar-refractivity contribution in [1.29, 1.82) is 0 Å². The molecule has 0 unspecified atom stereocenters. The van der Waals surface area contributed by atoms with E-state index in [0.29, 0.717) is 13.1 Å². The second-order valence-electron chi connectivity index (χ2n) is 4.14. The Hall–Kier alpha value is -0.860. The van der Waals surface area contributed by atoms with E-state index < -0.39 is 10.2 Å². The van der Waals surface area contributed by atoms with Crippen molar-refractivity contribution in [2.75, 3.05) is 19.6 Å². The van der Waals surface area contributed by atoms with Gasteiger partial charge in [0, 0.05) is 32.1 Å². The van der Waals surface area contributed by atoms with E-state index in [0.717, 1.165) is 0 Å². The molecule has 0 aliphatic heterocycles. The fraction of sp³-hybridized carbons (Fsp3) is 0.900. The van der Waals surface area contributed by atoms with Gasteiger partial charge in [-0.25, -0.2) is 0 Å². The van der Waals surface area contributed by atoms with E-state index in [1.54, 1.807) is 27.7 Å². The van der Waals surface area contributed by atoms with Gasteiger partial charge >= 0.3 is 0 Å². The predicted molar refractivity (Wildman–Crippen MR) is 71.7 cm³/mol. The number of hydrogen-bond acceptors (Lipinski definition) is 4. The van der Waals surface area contributed by atoms with Gasteiger partial charge in [0.15, 0.2) is 0 Å². The zero-order valence-corrected chi connectivity index (χ0v) is 12.3. The van der Waals surface area contributed by atoms with Crippen LogP contribution in [-0.4, -0.2) is 53.7 Å². The maximum absolute atomic E-state index is 12.3. The molecule has 0 rings (SSSR count). The summed E-state index contributed by atoms with van der Waals surface area (Å²) in [4.78, 5) is 0. The summed E-state index contributed by atoms with van der Waals surface area (Å²) in [6, 6.07) is -0.179. The highest BCUT2D eigenvalue weighted by molar-refractivity contribution is 7.86. The highest BCUT2D eigenvalue weighted by atomic mass is 32.2. The molecule has 0 aliphatic rings. The number of oxime groups is 1. The van der Waals surface area contributed by atoms with Crippen molar-refractivity contribution >= 4 is 16.0 Å². The highest BCUT2D eigenvalue weighted by Crippen LogP contribution is 2.12. The van der Waals surface area contributed by atoms with E-state index in [1.807, 2.05) is 0 Å². The summed E-state index contributed by atoms with van der Waals surface area (Å²) in [6.45, 7) is 8.23. The lowest BCUT2D eigenvalue weighted by atomic mass is 10.3. The van der Waals surface area contributed by atoms with Gasteiger partial charge in [0.1, 0.15) is 5.84 Å². The maximum Gasteiger partial charge on any atom is 0.282 e. The van der Waals surface area contributed by atoms with E-state index in [2.05, 4.69) is 5.16 Å². The number of hydrogen-bond donors (Lipinski definition) is 2. The van der Waals surface area contributed by atoms with Gasteiger partial charge in [-0.1, -0.05) is 19.0 Å². The molecule has 0 aliphatic carbocycles. The molecule has 0 heterocycles. The van der Waals surface area contributed by atoms with Gasteiger partial charge < -0.3 is 10.9 Å². The summed E-state index contributed by atoms with van der Waals surface area (Å²) in [5, 5.41) is 11.3. The smallest absolute Gasteiger partial charge is 0.282 e. The molecule has 7 nitrogen and oxygen atoms in total. The zero-order chi connectivity index (χ0) is 14.3. The molecular formula is C10H24N4O3S. The van der Waals surface area contributed by atoms with Gasteiger partial charge in [0.2, 0.25) is 0 Å². The fourth-order valence-corrected chi connectivity index (χ4v) is 3.42. The van der Waals surface area contributed by atoms with Crippen molar-refractivity contribution < 1.29 is 13.6 Å². The molecule has 0 saturated heterocycles. The molecule has 3 N–H and O–H groups in total. The predicted octanol–water partition coefficient (Wildman–Crippen LogP) is 0.420. The van der Waals surface area contributed by atoms with Crippen LogP contribution in [0.4, 0.5) is 0 Å². The molecule has 0 bridgehead atoms. The Morgan fingerprint density at radius 2 is 1.83 bits per heavy atom. The number of nitrogens with zero attached hydrogens (tertiary/aromatic N) is 3. The Balaban J connectivity index is 5.00. The van der Waals surface area contributed by atoms with Gasteiger partial charge in [-0.05, 0) is 13.8 Å². The lowest BCUT2D eigenvalue weighted by Crippen LogP contribution is -2.47. The molecule has 0 radical (unpaired) electrons. The minimum Gasteiger partial charge on any atom is -0.409 e. The molecule has 0 aromatic rings. The van der Waals surface area contributed by atoms with Crippen LogP contribution in [-0.2, 0) is 10.2 Å². The molecule has 0 atom stereocenters. The molecule has 0 aromatic carbocycles. The summed E-state index contributed by atoms with van der Waals surface area (Å²) >= 11 is 0. The van der Waals surface area contributed by atoms with Gasteiger partial charge in [-0.2, -0.15) is 17.0 Å². The number of nitrogens with two attached hydrogens (primary N) is 1. The topological polar surface area (TPSA) is 99.2 Å². The summed E-state index contributed by atoms with van der Waals surface area (Å²) in [7, 11) is -3.49. The van der Waals surface area contributed by atoms with Crippen LogP contribution in [0, 0.1) is 0 Å². The third-order valence-corrected chi connectivity index (χ3v) is 4.99. The second-order valence-corrected chi connectivity index (χ2v) is 6.02. The third-order valence-electron chi connectivity index (χ3n) is 2.62. The Labute approximate surface area is 109 Å². The molecule has 18 heavy (non-hydrogen) atoms. The molecule has 8 heteroatoms. The van der Waals surface area contributed by atoms with E-state index in [-0.39, 0.29) is 24.8 Å². The van der Waals surface area contributed by atoms with Crippen LogP contribution in [0.15, 0.2) is 5.16 Å². The first-order chi connectivity index (χ1) is 8.31. The maximum atomic E-state index is 12.3. The van der Waals surface area contributed by atoms with Gasteiger partial charge in [-0.3, -0.25) is 0 Å². The minimum absolute atomic E-state index is 0.0235. The minimum atomic E-state index is -3.49. The molecule has 0 fully saturated rings. The molecule has 0 aromatic heterocycles. The highest BCUT2D eigenvalue weighted by Gasteiger charge is 2.29. The van der Waals surface area contributed by atoms with Crippen LogP contribution in [0.2, 0.25) is 0 Å². The fourth-order valence-electron chi connectivity index (χ4n) is 1.61.